The number of ether oxygens (including phenoxy) is 2. The van der Waals surface area contributed by atoms with E-state index < -0.39 is 6.61 Å². The summed E-state index contributed by atoms with van der Waals surface area (Å²) in [4.78, 5) is 0. The second-order valence-electron chi connectivity index (χ2n) is 4.93. The predicted molar refractivity (Wildman–Crippen MR) is 79.7 cm³/mol. The molecule has 2 unspecified atom stereocenters. The highest BCUT2D eigenvalue weighted by atomic mass is 19.3. The lowest BCUT2D eigenvalue weighted by atomic mass is 10.1. The number of alkyl halides is 2. The van der Waals surface area contributed by atoms with Crippen LogP contribution >= 0.6 is 0 Å². The SMILES string of the molecule is COc1cc(C(C)NC(CO)c2ccco2)ccc1OC(F)F. The highest BCUT2D eigenvalue weighted by Gasteiger charge is 2.18. The van der Waals surface area contributed by atoms with Crippen LogP contribution in [0.3, 0.4) is 0 Å². The molecule has 0 amide bonds. The van der Waals surface area contributed by atoms with Crippen molar-refractivity contribution in [3.63, 3.8) is 0 Å². The van der Waals surface area contributed by atoms with E-state index in [0.717, 1.165) is 5.56 Å². The number of hydrogen-bond acceptors (Lipinski definition) is 5. The molecule has 2 rings (SSSR count). The number of benzene rings is 1. The van der Waals surface area contributed by atoms with Crippen LogP contribution in [-0.4, -0.2) is 25.4 Å². The number of hydrogen-bond donors (Lipinski definition) is 2. The van der Waals surface area contributed by atoms with Crippen LogP contribution in [0.2, 0.25) is 0 Å². The van der Waals surface area contributed by atoms with E-state index in [1.165, 1.54) is 19.4 Å². The average Bonchev–Trinajstić information content (AvgIpc) is 3.06. The van der Waals surface area contributed by atoms with Crippen molar-refractivity contribution in [3.05, 3.63) is 47.9 Å². The summed E-state index contributed by atoms with van der Waals surface area (Å²) in [6.45, 7) is -1.17. The summed E-state index contributed by atoms with van der Waals surface area (Å²) < 4.78 is 39.5. The van der Waals surface area contributed by atoms with Gasteiger partial charge in [0, 0.05) is 6.04 Å². The Morgan fingerprint density at radius 3 is 2.61 bits per heavy atom. The molecule has 7 heteroatoms. The van der Waals surface area contributed by atoms with E-state index >= 15 is 0 Å². The van der Waals surface area contributed by atoms with Crippen molar-refractivity contribution in [2.45, 2.75) is 25.6 Å². The minimum Gasteiger partial charge on any atom is -0.493 e. The number of rotatable bonds is 8. The molecular formula is C16H19F2NO4. The van der Waals surface area contributed by atoms with Crippen LogP contribution in [0.25, 0.3) is 0 Å². The molecule has 2 atom stereocenters. The highest BCUT2D eigenvalue weighted by Crippen LogP contribution is 2.32. The average molecular weight is 327 g/mol. The Labute approximate surface area is 132 Å². The van der Waals surface area contributed by atoms with E-state index in [9.17, 15) is 13.9 Å². The van der Waals surface area contributed by atoms with E-state index in [1.807, 2.05) is 6.92 Å². The lowest BCUT2D eigenvalue weighted by Crippen LogP contribution is -2.27. The maximum absolute atomic E-state index is 12.3. The molecule has 0 aliphatic heterocycles. The van der Waals surface area contributed by atoms with Crippen molar-refractivity contribution in [3.8, 4) is 11.5 Å². The number of methoxy groups -OCH3 is 1. The van der Waals surface area contributed by atoms with Gasteiger partial charge in [-0.25, -0.2) is 0 Å². The normalized spacial score (nSPS) is 13.8. The molecule has 0 fully saturated rings. The van der Waals surface area contributed by atoms with Gasteiger partial charge in [-0.15, -0.1) is 0 Å². The largest absolute Gasteiger partial charge is 0.493 e. The molecule has 0 bridgehead atoms. The monoisotopic (exact) mass is 327 g/mol. The zero-order valence-corrected chi connectivity index (χ0v) is 12.8. The molecule has 0 aliphatic carbocycles. The van der Waals surface area contributed by atoms with Gasteiger partial charge in [0.2, 0.25) is 0 Å². The summed E-state index contributed by atoms with van der Waals surface area (Å²) in [6.07, 6.45) is 1.53. The molecule has 0 saturated heterocycles. The smallest absolute Gasteiger partial charge is 0.387 e. The third-order valence-electron chi connectivity index (χ3n) is 3.42. The van der Waals surface area contributed by atoms with Crippen molar-refractivity contribution < 1.29 is 27.8 Å². The fourth-order valence-electron chi connectivity index (χ4n) is 2.26. The summed E-state index contributed by atoms with van der Waals surface area (Å²) in [5.41, 5.74) is 0.800. The van der Waals surface area contributed by atoms with Crippen molar-refractivity contribution in [2.75, 3.05) is 13.7 Å². The molecule has 0 saturated carbocycles. The van der Waals surface area contributed by atoms with Crippen molar-refractivity contribution in [1.29, 1.82) is 0 Å². The highest BCUT2D eigenvalue weighted by molar-refractivity contribution is 5.43. The van der Waals surface area contributed by atoms with Crippen LogP contribution in [0, 0.1) is 0 Å². The first-order chi connectivity index (χ1) is 11.0. The molecule has 0 aliphatic rings. The minimum atomic E-state index is -2.91. The second-order valence-corrected chi connectivity index (χ2v) is 4.93. The third kappa shape index (κ3) is 4.43. The molecule has 1 aromatic carbocycles. The summed E-state index contributed by atoms with van der Waals surface area (Å²) in [5, 5.41) is 12.7. The van der Waals surface area contributed by atoms with Gasteiger partial charge in [0.05, 0.1) is 26.0 Å². The number of furan rings is 1. The fraction of sp³-hybridized carbons (Fsp3) is 0.375. The van der Waals surface area contributed by atoms with Gasteiger partial charge in [0.15, 0.2) is 11.5 Å². The molecule has 1 heterocycles. The quantitative estimate of drug-likeness (QED) is 0.779. The van der Waals surface area contributed by atoms with Crippen molar-refractivity contribution in [1.82, 2.24) is 5.32 Å². The lowest BCUT2D eigenvalue weighted by molar-refractivity contribution is -0.0512. The lowest BCUT2D eigenvalue weighted by Gasteiger charge is -2.21. The molecule has 0 radical (unpaired) electrons. The van der Waals surface area contributed by atoms with E-state index in [4.69, 9.17) is 9.15 Å². The van der Waals surface area contributed by atoms with Gasteiger partial charge in [-0.2, -0.15) is 8.78 Å². The minimum absolute atomic E-state index is 0.0248. The fourth-order valence-corrected chi connectivity index (χ4v) is 2.26. The van der Waals surface area contributed by atoms with Gasteiger partial charge in [0.25, 0.3) is 0 Å². The Morgan fingerprint density at radius 2 is 2.04 bits per heavy atom. The molecule has 126 valence electrons. The van der Waals surface area contributed by atoms with Crippen LogP contribution in [0.5, 0.6) is 11.5 Å². The van der Waals surface area contributed by atoms with Gasteiger partial charge in [-0.1, -0.05) is 6.07 Å². The van der Waals surface area contributed by atoms with E-state index in [-0.39, 0.29) is 30.2 Å². The number of aliphatic hydroxyl groups excluding tert-OH is 1. The first kappa shape index (κ1) is 17.2. The first-order valence-electron chi connectivity index (χ1n) is 7.08. The molecule has 1 aromatic heterocycles. The zero-order valence-electron chi connectivity index (χ0n) is 12.8. The van der Waals surface area contributed by atoms with E-state index in [2.05, 4.69) is 10.1 Å². The van der Waals surface area contributed by atoms with Crippen LogP contribution in [0.4, 0.5) is 8.78 Å². The topological polar surface area (TPSA) is 63.9 Å². The third-order valence-corrected chi connectivity index (χ3v) is 3.42. The predicted octanol–water partition coefficient (Wildman–Crippen LogP) is 3.27. The Hall–Kier alpha value is -2.12. The molecule has 23 heavy (non-hydrogen) atoms. The summed E-state index contributed by atoms with van der Waals surface area (Å²) in [6, 6.07) is 7.67. The van der Waals surface area contributed by atoms with Crippen LogP contribution in [0.15, 0.2) is 41.0 Å². The Kier molecular flexibility index (Phi) is 5.95. The number of halogens is 2. The maximum atomic E-state index is 12.3. The molecule has 2 aromatic rings. The number of nitrogens with one attached hydrogen (secondary N) is 1. The molecule has 0 spiro atoms. The van der Waals surface area contributed by atoms with Crippen LogP contribution in [0.1, 0.15) is 30.3 Å². The summed E-state index contributed by atoms with van der Waals surface area (Å²) in [7, 11) is 1.38. The molecule has 5 nitrogen and oxygen atoms in total. The first-order valence-corrected chi connectivity index (χ1v) is 7.08. The Bertz CT molecular complexity index is 604. The Morgan fingerprint density at radius 1 is 1.26 bits per heavy atom. The zero-order chi connectivity index (χ0) is 16.8. The van der Waals surface area contributed by atoms with E-state index in [0.29, 0.717) is 5.76 Å². The van der Waals surface area contributed by atoms with Crippen LogP contribution in [-0.2, 0) is 0 Å². The Balaban J connectivity index is 2.13. The standard InChI is InChI=1S/C16H19F2NO4/c1-10(19-12(9-20)13-4-3-7-22-13)11-5-6-14(23-16(17)18)15(8-11)21-2/h3-8,10,12,16,19-20H,9H2,1-2H3. The second kappa shape index (κ2) is 7.94. The van der Waals surface area contributed by atoms with Gasteiger partial charge in [-0.3, -0.25) is 5.32 Å². The van der Waals surface area contributed by atoms with E-state index in [1.54, 1.807) is 24.3 Å². The molecular weight excluding hydrogens is 308 g/mol. The van der Waals surface area contributed by atoms with Crippen molar-refractivity contribution >= 4 is 0 Å². The van der Waals surface area contributed by atoms with Gasteiger partial charge >= 0.3 is 6.61 Å². The maximum Gasteiger partial charge on any atom is 0.387 e. The van der Waals surface area contributed by atoms with Crippen LogP contribution < -0.4 is 14.8 Å². The van der Waals surface area contributed by atoms with Gasteiger partial charge < -0.3 is 19.0 Å². The van der Waals surface area contributed by atoms with Gasteiger partial charge in [-0.05, 0) is 36.8 Å². The summed E-state index contributed by atoms with van der Waals surface area (Å²) in [5.74, 6) is 0.808. The number of aliphatic hydroxyl groups is 1. The van der Waals surface area contributed by atoms with Gasteiger partial charge in [0.1, 0.15) is 5.76 Å². The van der Waals surface area contributed by atoms with Crippen molar-refractivity contribution in [2.24, 2.45) is 0 Å². The molecule has 2 N–H and O–H groups in total. The summed E-state index contributed by atoms with van der Waals surface area (Å²) >= 11 is 0.